The van der Waals surface area contributed by atoms with Crippen molar-refractivity contribution in [1.82, 2.24) is 9.88 Å². The minimum Gasteiger partial charge on any atom is -0.489 e. The van der Waals surface area contributed by atoms with Gasteiger partial charge in [-0.1, -0.05) is 19.1 Å². The summed E-state index contributed by atoms with van der Waals surface area (Å²) in [4.78, 5) is 20.5. The fraction of sp³-hybridized carbons (Fsp3) is 0.520. The van der Waals surface area contributed by atoms with Gasteiger partial charge in [-0.2, -0.15) is 0 Å². The molecule has 2 fully saturated rings. The van der Waals surface area contributed by atoms with E-state index in [2.05, 4.69) is 16.8 Å². The van der Waals surface area contributed by atoms with Gasteiger partial charge in [0.2, 0.25) is 11.8 Å². The Morgan fingerprint density at radius 3 is 2.68 bits per heavy atom. The molecule has 2 aromatic rings. The molecule has 1 unspecified atom stereocenters. The van der Waals surface area contributed by atoms with E-state index in [9.17, 15) is 13.6 Å². The van der Waals surface area contributed by atoms with E-state index in [1.165, 1.54) is 0 Å². The van der Waals surface area contributed by atoms with Gasteiger partial charge >= 0.3 is 0 Å². The first kappa shape index (κ1) is 24.2. The third-order valence-electron chi connectivity index (χ3n) is 6.18. The number of amides is 1. The largest absolute Gasteiger partial charge is 0.489 e. The van der Waals surface area contributed by atoms with E-state index >= 15 is 0 Å². The maximum Gasteiger partial charge on any atom is 0.272 e. The highest BCUT2D eigenvalue weighted by atomic mass is 19.3. The average Bonchev–Trinajstić information content (AvgIpc) is 3.32. The Labute approximate surface area is 198 Å². The second-order valence-electron chi connectivity index (χ2n) is 8.70. The number of hydrogen-bond acceptors (Lipinski definition) is 6. The summed E-state index contributed by atoms with van der Waals surface area (Å²) in [5.41, 5.74) is 1.98. The molecule has 1 aromatic carbocycles. The molecule has 34 heavy (non-hydrogen) atoms. The van der Waals surface area contributed by atoms with Crippen LogP contribution in [-0.2, 0) is 9.53 Å². The number of alkyl halides is 2. The Hall–Kier alpha value is -2.94. The van der Waals surface area contributed by atoms with E-state index in [0.717, 1.165) is 30.0 Å². The molecule has 9 heteroatoms. The summed E-state index contributed by atoms with van der Waals surface area (Å²) in [5, 5.41) is 0. The topological polar surface area (TPSA) is 64.1 Å². The predicted octanol–water partition coefficient (Wildman–Crippen LogP) is 3.74. The average molecular weight is 476 g/mol. The first-order valence-electron chi connectivity index (χ1n) is 11.7. The summed E-state index contributed by atoms with van der Waals surface area (Å²) in [6.07, 6.45) is 0.377. The monoisotopic (exact) mass is 475 g/mol. The second kappa shape index (κ2) is 11.5. The van der Waals surface area contributed by atoms with Crippen molar-refractivity contribution >= 4 is 11.6 Å². The standard InChI is InChI=1S/C25H31F2N3O4/c1-18(14-25(31)29-10-12-32-13-11-29)19-2-4-21(5-3-19)34-22-7-9-30(16-22)20-6-8-28-24(15-20)33-17-23(26)27/h2-6,8,15,18,22-23H,7,9-14,16-17H2,1H3/t18-,22?/m1/s1. The molecule has 1 amide bonds. The molecule has 184 valence electrons. The number of carbonyl (C=O) groups is 1. The normalized spacial score (nSPS) is 19.4. The van der Waals surface area contributed by atoms with E-state index in [1.807, 2.05) is 35.2 Å². The number of anilines is 1. The molecule has 2 aliphatic heterocycles. The molecule has 0 N–H and O–H groups in total. The van der Waals surface area contributed by atoms with Crippen molar-refractivity contribution in [1.29, 1.82) is 0 Å². The van der Waals surface area contributed by atoms with Crippen molar-refractivity contribution in [2.24, 2.45) is 0 Å². The molecule has 1 aromatic heterocycles. The zero-order chi connectivity index (χ0) is 23.9. The quantitative estimate of drug-likeness (QED) is 0.551. The van der Waals surface area contributed by atoms with Crippen LogP contribution in [0, 0.1) is 0 Å². The lowest BCUT2D eigenvalue weighted by molar-refractivity contribution is -0.135. The molecule has 7 nitrogen and oxygen atoms in total. The summed E-state index contributed by atoms with van der Waals surface area (Å²) < 4.78 is 41.3. The molecule has 0 spiro atoms. The first-order chi connectivity index (χ1) is 16.5. The molecule has 2 saturated heterocycles. The van der Waals surface area contributed by atoms with Gasteiger partial charge in [-0.15, -0.1) is 0 Å². The van der Waals surface area contributed by atoms with E-state index in [-0.39, 0.29) is 23.8 Å². The molecule has 2 aliphatic rings. The molecule has 2 atom stereocenters. The van der Waals surface area contributed by atoms with Gasteiger partial charge in [0, 0.05) is 50.4 Å². The van der Waals surface area contributed by atoms with Gasteiger partial charge < -0.3 is 24.0 Å². The Morgan fingerprint density at radius 1 is 1.18 bits per heavy atom. The van der Waals surface area contributed by atoms with Crippen LogP contribution in [-0.4, -0.2) is 74.3 Å². The maximum atomic E-state index is 12.5. The van der Waals surface area contributed by atoms with E-state index in [1.54, 1.807) is 12.3 Å². The van der Waals surface area contributed by atoms with Crippen LogP contribution in [0.2, 0.25) is 0 Å². The second-order valence-corrected chi connectivity index (χ2v) is 8.70. The van der Waals surface area contributed by atoms with Crippen molar-refractivity contribution in [2.45, 2.75) is 38.2 Å². The Kier molecular flexibility index (Phi) is 8.16. The highest BCUT2D eigenvalue weighted by Crippen LogP contribution is 2.27. The SMILES string of the molecule is C[C@H](CC(=O)N1CCOCC1)c1ccc(OC2CCN(c3ccnc(OCC(F)F)c3)C2)cc1. The Morgan fingerprint density at radius 2 is 1.94 bits per heavy atom. The van der Waals surface area contributed by atoms with E-state index < -0.39 is 13.0 Å². The number of aromatic nitrogens is 1. The van der Waals surface area contributed by atoms with Crippen LogP contribution >= 0.6 is 0 Å². The number of halogens is 2. The van der Waals surface area contributed by atoms with Crippen LogP contribution in [0.1, 0.15) is 31.2 Å². The highest BCUT2D eigenvalue weighted by molar-refractivity contribution is 5.77. The lowest BCUT2D eigenvalue weighted by Gasteiger charge is -2.28. The summed E-state index contributed by atoms with van der Waals surface area (Å²) in [6.45, 7) is 5.43. The maximum absolute atomic E-state index is 12.5. The van der Waals surface area contributed by atoms with Crippen molar-refractivity contribution in [3.05, 3.63) is 48.2 Å². The molecule has 0 bridgehead atoms. The van der Waals surface area contributed by atoms with Gasteiger partial charge in [-0.25, -0.2) is 13.8 Å². The number of hydrogen-bond donors (Lipinski definition) is 0. The molecular formula is C25H31F2N3O4. The van der Waals surface area contributed by atoms with E-state index in [4.69, 9.17) is 14.2 Å². The van der Waals surface area contributed by atoms with Crippen molar-refractivity contribution in [3.63, 3.8) is 0 Å². The van der Waals surface area contributed by atoms with Gasteiger partial charge in [0.15, 0.2) is 6.61 Å². The number of carbonyl (C=O) groups excluding carboxylic acids is 1. The minimum atomic E-state index is -2.53. The Balaban J connectivity index is 1.27. The molecule has 0 saturated carbocycles. The number of morpholine rings is 1. The number of benzene rings is 1. The summed E-state index contributed by atoms with van der Waals surface area (Å²) >= 11 is 0. The van der Waals surface area contributed by atoms with Crippen LogP contribution < -0.4 is 14.4 Å². The molecular weight excluding hydrogens is 444 g/mol. The molecule has 3 heterocycles. The zero-order valence-corrected chi connectivity index (χ0v) is 19.4. The number of rotatable bonds is 9. The van der Waals surface area contributed by atoms with Crippen molar-refractivity contribution in [3.8, 4) is 11.6 Å². The van der Waals surface area contributed by atoms with Crippen LogP contribution in [0.5, 0.6) is 11.6 Å². The van der Waals surface area contributed by atoms with Crippen LogP contribution in [0.4, 0.5) is 14.5 Å². The lowest BCUT2D eigenvalue weighted by atomic mass is 9.97. The van der Waals surface area contributed by atoms with Crippen molar-refractivity contribution < 1.29 is 27.8 Å². The van der Waals surface area contributed by atoms with Crippen LogP contribution in [0.15, 0.2) is 42.6 Å². The highest BCUT2D eigenvalue weighted by Gasteiger charge is 2.25. The molecule has 0 aliphatic carbocycles. The van der Waals surface area contributed by atoms with Gasteiger partial charge in [-0.05, 0) is 29.7 Å². The summed E-state index contributed by atoms with van der Waals surface area (Å²) in [6, 6.07) is 11.5. The lowest BCUT2D eigenvalue weighted by Crippen LogP contribution is -2.41. The third-order valence-corrected chi connectivity index (χ3v) is 6.18. The smallest absolute Gasteiger partial charge is 0.272 e. The third kappa shape index (κ3) is 6.56. The van der Waals surface area contributed by atoms with Crippen molar-refractivity contribution in [2.75, 3.05) is 50.9 Å². The zero-order valence-electron chi connectivity index (χ0n) is 19.4. The summed E-state index contributed by atoms with van der Waals surface area (Å²) in [5.74, 6) is 1.28. The van der Waals surface area contributed by atoms with Crippen LogP contribution in [0.25, 0.3) is 0 Å². The number of pyridine rings is 1. The van der Waals surface area contributed by atoms with Gasteiger partial charge in [-0.3, -0.25) is 4.79 Å². The molecule has 0 radical (unpaired) electrons. The fourth-order valence-electron chi connectivity index (χ4n) is 4.27. The molecule has 4 rings (SSSR count). The number of nitrogens with zero attached hydrogens (tertiary/aromatic N) is 3. The fourth-order valence-corrected chi connectivity index (χ4v) is 4.27. The van der Waals surface area contributed by atoms with Crippen LogP contribution in [0.3, 0.4) is 0 Å². The van der Waals surface area contributed by atoms with Gasteiger partial charge in [0.25, 0.3) is 6.43 Å². The Bertz CT molecular complexity index is 938. The minimum absolute atomic E-state index is 0.0183. The predicted molar refractivity (Wildman–Crippen MR) is 124 cm³/mol. The number of ether oxygens (including phenoxy) is 3. The first-order valence-corrected chi connectivity index (χ1v) is 11.7. The van der Waals surface area contributed by atoms with Gasteiger partial charge in [0.05, 0.1) is 19.8 Å². The summed E-state index contributed by atoms with van der Waals surface area (Å²) in [7, 11) is 0. The van der Waals surface area contributed by atoms with Gasteiger partial charge in [0.1, 0.15) is 11.9 Å². The van der Waals surface area contributed by atoms with E-state index in [0.29, 0.717) is 39.3 Å².